The fourth-order valence-electron chi connectivity index (χ4n) is 1.24. The third-order valence-corrected chi connectivity index (χ3v) is 2.02. The predicted octanol–water partition coefficient (Wildman–Crippen LogP) is -1.45. The average Bonchev–Trinajstić information content (AvgIpc) is 2.32. The fourth-order valence-corrected chi connectivity index (χ4v) is 1.24. The zero-order chi connectivity index (χ0) is 9.68. The van der Waals surface area contributed by atoms with Gasteiger partial charge in [-0.3, -0.25) is 4.79 Å². The van der Waals surface area contributed by atoms with Gasteiger partial charge in [-0.05, 0) is 0 Å². The summed E-state index contributed by atoms with van der Waals surface area (Å²) in [6.07, 6.45) is -0.223. The first-order valence-corrected chi connectivity index (χ1v) is 4.47. The van der Waals surface area contributed by atoms with Crippen LogP contribution in [-0.4, -0.2) is 54.9 Å². The summed E-state index contributed by atoms with van der Waals surface area (Å²) < 4.78 is 5.13. The summed E-state index contributed by atoms with van der Waals surface area (Å²) in [6.45, 7) is 2.08. The highest BCUT2D eigenvalue weighted by Crippen LogP contribution is 2.01. The number of nitrogens with two attached hydrogens (primary N) is 1. The van der Waals surface area contributed by atoms with Crippen LogP contribution in [0.5, 0.6) is 0 Å². The second kappa shape index (κ2) is 5.16. The zero-order valence-electron chi connectivity index (χ0n) is 7.61. The van der Waals surface area contributed by atoms with Crippen LogP contribution in [0.15, 0.2) is 0 Å². The van der Waals surface area contributed by atoms with Crippen molar-refractivity contribution in [2.24, 2.45) is 5.73 Å². The molecule has 0 bridgehead atoms. The van der Waals surface area contributed by atoms with E-state index in [1.807, 2.05) is 0 Å². The van der Waals surface area contributed by atoms with Gasteiger partial charge in [0.15, 0.2) is 0 Å². The Kier molecular flexibility index (Phi) is 4.14. The number of carbonyl (C=O) groups is 1. The molecule has 1 rings (SSSR count). The molecule has 0 aromatic heterocycles. The molecular formula is C8H16N2O3. The minimum Gasteiger partial charge on any atom is -0.390 e. The van der Waals surface area contributed by atoms with E-state index in [2.05, 4.69) is 0 Å². The summed E-state index contributed by atoms with van der Waals surface area (Å²) in [6, 6.07) is 0. The van der Waals surface area contributed by atoms with Gasteiger partial charge in [-0.1, -0.05) is 0 Å². The van der Waals surface area contributed by atoms with E-state index in [1.54, 1.807) is 4.90 Å². The molecule has 0 radical (unpaired) electrons. The first-order chi connectivity index (χ1) is 6.24. The molecule has 0 spiro atoms. The normalized spacial score (nSPS) is 21.4. The number of ether oxygens (including phenoxy) is 1. The molecule has 1 heterocycles. The van der Waals surface area contributed by atoms with Crippen molar-refractivity contribution in [1.82, 2.24) is 4.90 Å². The van der Waals surface area contributed by atoms with Crippen LogP contribution in [0.3, 0.4) is 0 Å². The largest absolute Gasteiger partial charge is 0.390 e. The highest BCUT2D eigenvalue weighted by molar-refractivity contribution is 5.76. The lowest BCUT2D eigenvalue weighted by atomic mass is 10.3. The third-order valence-electron chi connectivity index (χ3n) is 2.02. The standard InChI is InChI=1S/C8H16N2O3/c9-5-7(11)6-10-2-4-13-3-1-8(10)12/h7,11H,1-6,9H2/t7-/m1/s1. The van der Waals surface area contributed by atoms with E-state index < -0.39 is 6.10 Å². The van der Waals surface area contributed by atoms with Gasteiger partial charge in [-0.15, -0.1) is 0 Å². The second-order valence-electron chi connectivity index (χ2n) is 3.09. The molecule has 0 aromatic rings. The van der Waals surface area contributed by atoms with E-state index in [1.165, 1.54) is 0 Å². The van der Waals surface area contributed by atoms with Gasteiger partial charge in [0.1, 0.15) is 0 Å². The van der Waals surface area contributed by atoms with Gasteiger partial charge in [0, 0.05) is 19.6 Å². The Bertz CT molecular complexity index is 175. The average molecular weight is 188 g/mol. The van der Waals surface area contributed by atoms with Crippen LogP contribution in [0.2, 0.25) is 0 Å². The van der Waals surface area contributed by atoms with Gasteiger partial charge in [-0.25, -0.2) is 0 Å². The van der Waals surface area contributed by atoms with Crippen LogP contribution in [0, 0.1) is 0 Å². The van der Waals surface area contributed by atoms with Crippen LogP contribution < -0.4 is 5.73 Å². The Morgan fingerprint density at radius 2 is 2.38 bits per heavy atom. The molecular weight excluding hydrogens is 172 g/mol. The summed E-state index contributed by atoms with van der Waals surface area (Å²) >= 11 is 0. The molecule has 1 fully saturated rings. The van der Waals surface area contributed by atoms with Crippen molar-refractivity contribution in [1.29, 1.82) is 0 Å². The van der Waals surface area contributed by atoms with Crippen LogP contribution in [0.25, 0.3) is 0 Å². The zero-order valence-corrected chi connectivity index (χ0v) is 7.61. The van der Waals surface area contributed by atoms with E-state index in [9.17, 15) is 9.90 Å². The Morgan fingerprint density at radius 3 is 3.08 bits per heavy atom. The molecule has 1 aliphatic heterocycles. The van der Waals surface area contributed by atoms with Crippen molar-refractivity contribution in [2.75, 3.05) is 32.8 Å². The molecule has 0 saturated carbocycles. The number of hydrogen-bond acceptors (Lipinski definition) is 4. The maximum Gasteiger partial charge on any atom is 0.225 e. The Balaban J connectivity index is 2.40. The van der Waals surface area contributed by atoms with Crippen LogP contribution in [-0.2, 0) is 9.53 Å². The molecule has 1 amide bonds. The van der Waals surface area contributed by atoms with E-state index in [4.69, 9.17) is 10.5 Å². The van der Waals surface area contributed by atoms with Crippen LogP contribution >= 0.6 is 0 Å². The van der Waals surface area contributed by atoms with E-state index >= 15 is 0 Å². The van der Waals surface area contributed by atoms with Crippen molar-refractivity contribution >= 4 is 5.91 Å². The Labute approximate surface area is 77.5 Å². The molecule has 0 aliphatic carbocycles. The van der Waals surface area contributed by atoms with E-state index in [-0.39, 0.29) is 12.5 Å². The molecule has 1 atom stereocenters. The molecule has 76 valence electrons. The van der Waals surface area contributed by atoms with Crippen molar-refractivity contribution in [3.63, 3.8) is 0 Å². The number of amides is 1. The number of aliphatic hydroxyl groups excluding tert-OH is 1. The fraction of sp³-hybridized carbons (Fsp3) is 0.875. The topological polar surface area (TPSA) is 75.8 Å². The maximum absolute atomic E-state index is 11.4. The Hall–Kier alpha value is -0.650. The lowest BCUT2D eigenvalue weighted by Crippen LogP contribution is -2.40. The van der Waals surface area contributed by atoms with Crippen molar-refractivity contribution in [2.45, 2.75) is 12.5 Å². The molecule has 3 N–H and O–H groups in total. The minimum absolute atomic E-state index is 0.0324. The van der Waals surface area contributed by atoms with Crippen LogP contribution in [0.1, 0.15) is 6.42 Å². The van der Waals surface area contributed by atoms with Gasteiger partial charge in [0.25, 0.3) is 0 Å². The third kappa shape index (κ3) is 3.30. The lowest BCUT2D eigenvalue weighted by molar-refractivity contribution is -0.131. The van der Waals surface area contributed by atoms with E-state index in [0.717, 1.165) is 0 Å². The van der Waals surface area contributed by atoms with Gasteiger partial charge >= 0.3 is 0 Å². The minimum atomic E-state index is -0.623. The highest BCUT2D eigenvalue weighted by Gasteiger charge is 2.18. The number of hydrogen-bond donors (Lipinski definition) is 2. The van der Waals surface area contributed by atoms with Gasteiger partial charge in [-0.2, -0.15) is 0 Å². The Morgan fingerprint density at radius 1 is 1.62 bits per heavy atom. The monoisotopic (exact) mass is 188 g/mol. The predicted molar refractivity (Wildman–Crippen MR) is 47.1 cm³/mol. The maximum atomic E-state index is 11.4. The summed E-state index contributed by atoms with van der Waals surface area (Å²) in [4.78, 5) is 13.0. The summed E-state index contributed by atoms with van der Waals surface area (Å²) in [5.74, 6) is 0.0324. The molecule has 1 saturated heterocycles. The molecule has 13 heavy (non-hydrogen) atoms. The number of nitrogens with zero attached hydrogens (tertiary/aromatic N) is 1. The number of rotatable bonds is 3. The number of carbonyl (C=O) groups excluding carboxylic acids is 1. The number of aliphatic hydroxyl groups is 1. The quantitative estimate of drug-likeness (QED) is 0.568. The van der Waals surface area contributed by atoms with Crippen LogP contribution in [0.4, 0.5) is 0 Å². The summed E-state index contributed by atoms with van der Waals surface area (Å²) in [5.41, 5.74) is 5.25. The molecule has 5 nitrogen and oxygen atoms in total. The number of β-amino-alcohol motifs (C(OH)–C–C–N with tert-alkyl or cyclic N) is 1. The second-order valence-corrected chi connectivity index (χ2v) is 3.09. The highest BCUT2D eigenvalue weighted by atomic mass is 16.5. The van der Waals surface area contributed by atoms with Crippen molar-refractivity contribution in [3.8, 4) is 0 Å². The van der Waals surface area contributed by atoms with Crippen molar-refractivity contribution < 1.29 is 14.6 Å². The molecule has 1 aliphatic rings. The lowest BCUT2D eigenvalue weighted by Gasteiger charge is -2.22. The van der Waals surface area contributed by atoms with Gasteiger partial charge in [0.2, 0.25) is 5.91 Å². The first-order valence-electron chi connectivity index (χ1n) is 4.47. The van der Waals surface area contributed by atoms with Gasteiger partial charge in [0.05, 0.1) is 25.7 Å². The van der Waals surface area contributed by atoms with Crippen molar-refractivity contribution in [3.05, 3.63) is 0 Å². The molecule has 0 unspecified atom stereocenters. The van der Waals surface area contributed by atoms with E-state index in [0.29, 0.717) is 32.7 Å². The summed E-state index contributed by atoms with van der Waals surface area (Å²) in [7, 11) is 0. The molecule has 5 heteroatoms. The van der Waals surface area contributed by atoms with Gasteiger partial charge < -0.3 is 20.5 Å². The SMILES string of the molecule is NC[C@@H](O)CN1CCOCCC1=O. The summed E-state index contributed by atoms with van der Waals surface area (Å²) in [5, 5.41) is 9.26. The smallest absolute Gasteiger partial charge is 0.225 e. The molecule has 0 aromatic carbocycles. The first kappa shape index (κ1) is 10.4.